The molecule has 4 N–H and O–H groups in total. The van der Waals surface area contributed by atoms with E-state index in [0.29, 0.717) is 10.6 Å². The van der Waals surface area contributed by atoms with Gasteiger partial charge in [-0.05, 0) is 19.1 Å². The monoisotopic (exact) mass is 253 g/mol. The van der Waals surface area contributed by atoms with Crippen molar-refractivity contribution in [3.05, 3.63) is 12.4 Å². The van der Waals surface area contributed by atoms with Crippen molar-refractivity contribution in [3.63, 3.8) is 0 Å². The van der Waals surface area contributed by atoms with Crippen molar-refractivity contribution >= 4 is 23.4 Å². The Morgan fingerprint density at radius 2 is 2.06 bits per heavy atom. The van der Waals surface area contributed by atoms with Crippen molar-refractivity contribution < 1.29 is 0 Å². The van der Waals surface area contributed by atoms with E-state index in [0.717, 1.165) is 12.4 Å². The first kappa shape index (κ1) is 12.4. The van der Waals surface area contributed by atoms with E-state index in [1.165, 1.54) is 25.7 Å². The minimum Gasteiger partial charge on any atom is -0.367 e. The van der Waals surface area contributed by atoms with Crippen LogP contribution in [0.2, 0.25) is 0 Å². The smallest absolute Gasteiger partial charge is 0.160 e. The number of aromatic nitrogens is 2. The van der Waals surface area contributed by atoms with Gasteiger partial charge in [0.15, 0.2) is 5.82 Å². The van der Waals surface area contributed by atoms with Gasteiger partial charge in [-0.1, -0.05) is 12.8 Å². The molecule has 0 atom stereocenters. The molecule has 0 aromatic carbocycles. The molecule has 1 aromatic heterocycles. The Labute approximate surface area is 106 Å². The number of nitrogens with one attached hydrogen (secondary N) is 2. The Kier molecular flexibility index (Phi) is 4.06. The van der Waals surface area contributed by atoms with E-state index in [1.807, 2.05) is 11.8 Å². The molecule has 0 radical (unpaired) electrons. The topological polar surface area (TPSA) is 75.9 Å². The van der Waals surface area contributed by atoms with Crippen LogP contribution in [0.1, 0.15) is 25.7 Å². The molecule has 0 saturated heterocycles. The number of hydrogen-bond donors (Lipinski definition) is 3. The number of anilines is 2. The van der Waals surface area contributed by atoms with Crippen LogP contribution in [0.15, 0.2) is 12.4 Å². The van der Waals surface area contributed by atoms with Gasteiger partial charge in [-0.2, -0.15) is 11.8 Å². The molecule has 1 aliphatic rings. The standard InChI is InChI=1S/C11H19N5S/c1-17-11(4-2-3-5-11)8-14-9-6-13-7-10(15-9)16-12/h6-7H,2-5,8,12H2,1H3,(H2,14,15,16). The van der Waals surface area contributed by atoms with Crippen LogP contribution in [-0.4, -0.2) is 27.5 Å². The maximum absolute atomic E-state index is 5.30. The van der Waals surface area contributed by atoms with Crippen molar-refractivity contribution in [2.75, 3.05) is 23.5 Å². The third-order valence-corrected chi connectivity index (χ3v) is 4.74. The zero-order valence-corrected chi connectivity index (χ0v) is 10.9. The Morgan fingerprint density at radius 3 is 2.71 bits per heavy atom. The highest BCUT2D eigenvalue weighted by Gasteiger charge is 2.32. The Balaban J connectivity index is 1.96. The molecule has 0 spiro atoms. The summed E-state index contributed by atoms with van der Waals surface area (Å²) >= 11 is 1.96. The molecular formula is C11H19N5S. The predicted molar refractivity (Wildman–Crippen MR) is 73.0 cm³/mol. The first-order valence-corrected chi connectivity index (χ1v) is 7.08. The number of nitrogens with zero attached hydrogens (tertiary/aromatic N) is 2. The SMILES string of the molecule is CSC1(CNc2cncc(NN)n2)CCCC1. The molecule has 6 heteroatoms. The zero-order valence-electron chi connectivity index (χ0n) is 10.1. The summed E-state index contributed by atoms with van der Waals surface area (Å²) < 4.78 is 0.369. The minimum atomic E-state index is 0.369. The number of nitrogen functional groups attached to an aromatic ring is 1. The van der Waals surface area contributed by atoms with E-state index in [2.05, 4.69) is 27.0 Å². The molecule has 0 unspecified atom stereocenters. The second-order valence-corrected chi connectivity index (χ2v) is 5.66. The lowest BCUT2D eigenvalue weighted by Gasteiger charge is -2.27. The largest absolute Gasteiger partial charge is 0.367 e. The van der Waals surface area contributed by atoms with Gasteiger partial charge in [-0.15, -0.1) is 0 Å². The molecule has 1 saturated carbocycles. The average Bonchev–Trinajstić information content (AvgIpc) is 2.86. The van der Waals surface area contributed by atoms with E-state index in [1.54, 1.807) is 12.4 Å². The molecule has 2 rings (SSSR count). The molecule has 17 heavy (non-hydrogen) atoms. The van der Waals surface area contributed by atoms with Gasteiger partial charge in [-0.25, -0.2) is 10.8 Å². The lowest BCUT2D eigenvalue weighted by atomic mass is 10.1. The van der Waals surface area contributed by atoms with Gasteiger partial charge in [0, 0.05) is 11.3 Å². The van der Waals surface area contributed by atoms with Gasteiger partial charge < -0.3 is 10.7 Å². The zero-order chi connectivity index (χ0) is 12.1. The number of rotatable bonds is 5. The van der Waals surface area contributed by atoms with E-state index in [-0.39, 0.29) is 0 Å². The lowest BCUT2D eigenvalue weighted by Crippen LogP contribution is -2.30. The van der Waals surface area contributed by atoms with Gasteiger partial charge in [0.2, 0.25) is 0 Å². The van der Waals surface area contributed by atoms with Gasteiger partial charge in [0.1, 0.15) is 5.82 Å². The minimum absolute atomic E-state index is 0.369. The number of hydrogen-bond acceptors (Lipinski definition) is 6. The fourth-order valence-corrected chi connectivity index (χ4v) is 3.16. The van der Waals surface area contributed by atoms with Crippen LogP contribution in [0, 0.1) is 0 Å². The summed E-state index contributed by atoms with van der Waals surface area (Å²) in [6.45, 7) is 0.941. The highest BCUT2D eigenvalue weighted by atomic mass is 32.2. The summed E-state index contributed by atoms with van der Waals surface area (Å²) in [6, 6.07) is 0. The van der Waals surface area contributed by atoms with Crippen molar-refractivity contribution in [1.29, 1.82) is 0 Å². The second kappa shape index (κ2) is 5.55. The fourth-order valence-electron chi connectivity index (χ4n) is 2.24. The van der Waals surface area contributed by atoms with Crippen LogP contribution in [0.5, 0.6) is 0 Å². The van der Waals surface area contributed by atoms with Crippen molar-refractivity contribution in [2.24, 2.45) is 5.84 Å². The van der Waals surface area contributed by atoms with Crippen molar-refractivity contribution in [2.45, 2.75) is 30.4 Å². The first-order valence-electron chi connectivity index (χ1n) is 5.86. The van der Waals surface area contributed by atoms with E-state index in [4.69, 9.17) is 5.84 Å². The van der Waals surface area contributed by atoms with Crippen LogP contribution >= 0.6 is 11.8 Å². The molecule has 0 aliphatic heterocycles. The van der Waals surface area contributed by atoms with Gasteiger partial charge in [-0.3, -0.25) is 4.98 Å². The van der Waals surface area contributed by atoms with Gasteiger partial charge in [0.05, 0.1) is 12.4 Å². The summed E-state index contributed by atoms with van der Waals surface area (Å²) in [5, 5.41) is 3.36. The Bertz CT molecular complexity index is 365. The quantitative estimate of drug-likeness (QED) is 0.549. The maximum atomic E-state index is 5.30. The van der Waals surface area contributed by atoms with Crippen LogP contribution in [0.25, 0.3) is 0 Å². The van der Waals surface area contributed by atoms with Crippen LogP contribution in [-0.2, 0) is 0 Å². The predicted octanol–water partition coefficient (Wildman–Crippen LogP) is 1.85. The number of nitrogens with two attached hydrogens (primary N) is 1. The normalized spacial score (nSPS) is 18.0. The highest BCUT2D eigenvalue weighted by molar-refractivity contribution is 8.00. The molecule has 1 aliphatic carbocycles. The van der Waals surface area contributed by atoms with Crippen LogP contribution in [0.4, 0.5) is 11.6 Å². The summed E-state index contributed by atoms with van der Waals surface area (Å²) in [5.74, 6) is 6.67. The summed E-state index contributed by atoms with van der Waals surface area (Å²) in [6.07, 6.45) is 10.7. The number of hydrazine groups is 1. The van der Waals surface area contributed by atoms with E-state index in [9.17, 15) is 0 Å². The first-order chi connectivity index (χ1) is 8.28. The van der Waals surface area contributed by atoms with Crippen molar-refractivity contribution in [3.8, 4) is 0 Å². The average molecular weight is 253 g/mol. The third kappa shape index (κ3) is 3.01. The van der Waals surface area contributed by atoms with E-state index >= 15 is 0 Å². The molecule has 1 fully saturated rings. The Morgan fingerprint density at radius 1 is 1.35 bits per heavy atom. The molecular weight excluding hydrogens is 234 g/mol. The second-order valence-electron chi connectivity index (χ2n) is 4.38. The Hall–Kier alpha value is -1.01. The molecule has 0 bridgehead atoms. The fraction of sp³-hybridized carbons (Fsp3) is 0.636. The lowest BCUT2D eigenvalue weighted by molar-refractivity contribution is 0.638. The molecule has 5 nitrogen and oxygen atoms in total. The summed E-state index contributed by atoms with van der Waals surface area (Å²) in [5.41, 5.74) is 2.50. The van der Waals surface area contributed by atoms with Gasteiger partial charge >= 0.3 is 0 Å². The maximum Gasteiger partial charge on any atom is 0.160 e. The summed E-state index contributed by atoms with van der Waals surface area (Å²) in [7, 11) is 0. The van der Waals surface area contributed by atoms with E-state index < -0.39 is 0 Å². The highest BCUT2D eigenvalue weighted by Crippen LogP contribution is 2.40. The molecule has 94 valence electrons. The van der Waals surface area contributed by atoms with Crippen molar-refractivity contribution in [1.82, 2.24) is 9.97 Å². The van der Waals surface area contributed by atoms with Gasteiger partial charge in [0.25, 0.3) is 0 Å². The molecule has 1 heterocycles. The molecule has 0 amide bonds. The third-order valence-electron chi connectivity index (χ3n) is 3.32. The number of thioether (sulfide) groups is 1. The van der Waals surface area contributed by atoms with Crippen LogP contribution in [0.3, 0.4) is 0 Å². The van der Waals surface area contributed by atoms with Crippen LogP contribution < -0.4 is 16.6 Å². The summed E-state index contributed by atoms with van der Waals surface area (Å²) in [4.78, 5) is 8.37. The molecule has 1 aromatic rings.